The van der Waals surface area contributed by atoms with Crippen molar-refractivity contribution >= 4 is 29.3 Å². The Bertz CT molecular complexity index is 502. The number of nitrogens with one attached hydrogen (secondary N) is 1. The number of thiazole rings is 1. The lowest BCUT2D eigenvalue weighted by Crippen LogP contribution is -2.38. The molecule has 0 bridgehead atoms. The second-order valence-corrected chi connectivity index (χ2v) is 4.78. The van der Waals surface area contributed by atoms with E-state index in [-0.39, 0.29) is 31.2 Å². The lowest BCUT2D eigenvalue weighted by atomic mass is 10.4. The first-order valence-electron chi connectivity index (χ1n) is 5.67. The molecule has 1 aromatic rings. The number of amides is 2. The van der Waals surface area contributed by atoms with Gasteiger partial charge in [-0.1, -0.05) is 0 Å². The smallest absolute Gasteiger partial charge is 0.355 e. The lowest BCUT2D eigenvalue weighted by Gasteiger charge is -2.16. The zero-order valence-electron chi connectivity index (χ0n) is 11.1. The number of rotatable bonds is 6. The monoisotopic (exact) mass is 301 g/mol. The minimum atomic E-state index is -1.10. The maximum atomic E-state index is 11.7. The van der Waals surface area contributed by atoms with Gasteiger partial charge in [0.05, 0.1) is 20.1 Å². The van der Waals surface area contributed by atoms with Gasteiger partial charge in [-0.3, -0.25) is 4.79 Å². The summed E-state index contributed by atoms with van der Waals surface area (Å²) in [7, 11) is 2.83. The van der Waals surface area contributed by atoms with Gasteiger partial charge in [0.25, 0.3) is 0 Å². The molecule has 0 aliphatic rings. The highest BCUT2D eigenvalue weighted by Crippen LogP contribution is 2.09. The average molecular weight is 301 g/mol. The first-order valence-corrected chi connectivity index (χ1v) is 6.55. The van der Waals surface area contributed by atoms with Crippen LogP contribution in [0.15, 0.2) is 5.38 Å². The van der Waals surface area contributed by atoms with Crippen molar-refractivity contribution in [1.29, 1.82) is 0 Å². The van der Waals surface area contributed by atoms with E-state index in [1.807, 2.05) is 0 Å². The third-order valence-electron chi connectivity index (χ3n) is 2.39. The first kappa shape index (κ1) is 15.9. The van der Waals surface area contributed by atoms with E-state index in [1.165, 1.54) is 17.4 Å². The summed E-state index contributed by atoms with van der Waals surface area (Å²) in [5.74, 6) is -1.50. The van der Waals surface area contributed by atoms with Crippen molar-refractivity contribution in [3.63, 3.8) is 0 Å². The standard InChI is InChI=1S/C11H15N3O5S/c1-14(4-3-9(15)19-2)11(18)12-5-8-13-7(6-20-8)10(16)17/h6H,3-5H2,1-2H3,(H,12,18)(H,16,17). The molecule has 0 saturated carbocycles. The number of nitrogens with zero attached hydrogens (tertiary/aromatic N) is 2. The number of aromatic nitrogens is 1. The van der Waals surface area contributed by atoms with Crippen LogP contribution in [-0.4, -0.2) is 53.7 Å². The van der Waals surface area contributed by atoms with E-state index < -0.39 is 11.9 Å². The van der Waals surface area contributed by atoms with Gasteiger partial charge in [-0.2, -0.15) is 0 Å². The molecule has 110 valence electrons. The Balaban J connectivity index is 2.38. The molecule has 2 N–H and O–H groups in total. The van der Waals surface area contributed by atoms with E-state index in [1.54, 1.807) is 7.05 Å². The fourth-order valence-electron chi connectivity index (χ4n) is 1.24. The van der Waals surface area contributed by atoms with E-state index in [2.05, 4.69) is 15.0 Å². The molecule has 0 aliphatic heterocycles. The Morgan fingerprint density at radius 1 is 1.50 bits per heavy atom. The molecule has 0 saturated heterocycles. The van der Waals surface area contributed by atoms with Crippen LogP contribution in [0, 0.1) is 0 Å². The molecule has 0 atom stereocenters. The number of carbonyl (C=O) groups excluding carboxylic acids is 2. The number of methoxy groups -OCH3 is 1. The quantitative estimate of drug-likeness (QED) is 0.743. The van der Waals surface area contributed by atoms with Gasteiger partial charge in [-0.15, -0.1) is 11.3 Å². The summed E-state index contributed by atoms with van der Waals surface area (Å²) in [6, 6.07) is -0.374. The van der Waals surface area contributed by atoms with E-state index in [4.69, 9.17) is 5.11 Å². The number of aromatic carboxylic acids is 1. The van der Waals surface area contributed by atoms with Crippen LogP contribution >= 0.6 is 11.3 Å². The van der Waals surface area contributed by atoms with Gasteiger partial charge in [0, 0.05) is 19.0 Å². The van der Waals surface area contributed by atoms with Crippen LogP contribution in [0.1, 0.15) is 21.9 Å². The minimum absolute atomic E-state index is 0.0432. The molecule has 0 unspecified atom stereocenters. The Kier molecular flexibility index (Phi) is 5.91. The molecular formula is C11H15N3O5S. The molecule has 0 aromatic carbocycles. The molecule has 20 heavy (non-hydrogen) atoms. The van der Waals surface area contributed by atoms with Crippen molar-refractivity contribution in [2.45, 2.75) is 13.0 Å². The van der Waals surface area contributed by atoms with E-state index in [0.29, 0.717) is 5.01 Å². The zero-order valence-corrected chi connectivity index (χ0v) is 11.9. The SMILES string of the molecule is COC(=O)CCN(C)C(=O)NCc1nc(C(=O)O)cs1. The number of carbonyl (C=O) groups is 3. The highest BCUT2D eigenvalue weighted by Gasteiger charge is 2.12. The highest BCUT2D eigenvalue weighted by molar-refractivity contribution is 7.09. The van der Waals surface area contributed by atoms with Gasteiger partial charge < -0.3 is 20.1 Å². The third-order valence-corrected chi connectivity index (χ3v) is 3.24. The van der Waals surface area contributed by atoms with Crippen molar-refractivity contribution in [2.24, 2.45) is 0 Å². The summed E-state index contributed by atoms with van der Waals surface area (Å²) in [6.07, 6.45) is 0.112. The van der Waals surface area contributed by atoms with Crippen LogP contribution in [0.3, 0.4) is 0 Å². The van der Waals surface area contributed by atoms with Crippen LogP contribution in [0.25, 0.3) is 0 Å². The fraction of sp³-hybridized carbons (Fsp3) is 0.455. The Labute approximate surface area is 119 Å². The molecule has 8 nitrogen and oxygen atoms in total. The van der Waals surface area contributed by atoms with Crippen molar-refractivity contribution in [1.82, 2.24) is 15.2 Å². The van der Waals surface area contributed by atoms with Crippen molar-refractivity contribution in [3.05, 3.63) is 16.1 Å². The second kappa shape index (κ2) is 7.43. The summed E-state index contributed by atoms with van der Waals surface area (Å²) in [5.41, 5.74) is -0.0432. The molecule has 0 aliphatic carbocycles. The Morgan fingerprint density at radius 2 is 2.20 bits per heavy atom. The van der Waals surface area contributed by atoms with E-state index >= 15 is 0 Å². The zero-order chi connectivity index (χ0) is 15.1. The summed E-state index contributed by atoms with van der Waals surface area (Å²) < 4.78 is 4.47. The van der Waals surface area contributed by atoms with Gasteiger partial charge in [0.1, 0.15) is 5.01 Å². The lowest BCUT2D eigenvalue weighted by molar-refractivity contribution is -0.140. The van der Waals surface area contributed by atoms with Gasteiger partial charge in [0.2, 0.25) is 0 Å². The van der Waals surface area contributed by atoms with Crippen LogP contribution in [0.4, 0.5) is 4.79 Å². The van der Waals surface area contributed by atoms with Crippen molar-refractivity contribution in [3.8, 4) is 0 Å². The molecule has 0 radical (unpaired) electrons. The number of carboxylic acids is 1. The predicted octanol–water partition coefficient (Wildman–Crippen LogP) is 0.546. The first-order chi connectivity index (χ1) is 9.43. The largest absolute Gasteiger partial charge is 0.476 e. The van der Waals surface area contributed by atoms with Crippen molar-refractivity contribution in [2.75, 3.05) is 20.7 Å². The highest BCUT2D eigenvalue weighted by atomic mass is 32.1. The molecular weight excluding hydrogens is 286 g/mol. The number of carboxylic acid groups (broad SMARTS) is 1. The van der Waals surface area contributed by atoms with E-state index in [0.717, 1.165) is 11.3 Å². The molecule has 2 amide bonds. The summed E-state index contributed by atoms with van der Waals surface area (Å²) in [4.78, 5) is 38.4. The normalized spacial score (nSPS) is 9.90. The summed E-state index contributed by atoms with van der Waals surface area (Å²) >= 11 is 1.15. The third kappa shape index (κ3) is 4.84. The molecule has 1 heterocycles. The van der Waals surface area contributed by atoms with Gasteiger partial charge in [-0.05, 0) is 0 Å². The second-order valence-electron chi connectivity index (χ2n) is 3.84. The predicted molar refractivity (Wildman–Crippen MR) is 70.6 cm³/mol. The van der Waals surface area contributed by atoms with E-state index in [9.17, 15) is 14.4 Å². The number of esters is 1. The van der Waals surface area contributed by atoms with Gasteiger partial charge in [0.15, 0.2) is 5.69 Å². The summed E-state index contributed by atoms with van der Waals surface area (Å²) in [5, 5.41) is 13.2. The Morgan fingerprint density at radius 3 is 2.75 bits per heavy atom. The fourth-order valence-corrected chi connectivity index (χ4v) is 1.95. The molecule has 9 heteroatoms. The summed E-state index contributed by atoms with van der Waals surface area (Å²) in [6.45, 7) is 0.371. The molecule has 1 aromatic heterocycles. The average Bonchev–Trinajstić information content (AvgIpc) is 2.90. The number of urea groups is 1. The van der Waals surface area contributed by atoms with Crippen LogP contribution in [0.5, 0.6) is 0 Å². The maximum Gasteiger partial charge on any atom is 0.355 e. The maximum absolute atomic E-state index is 11.7. The van der Waals surface area contributed by atoms with Crippen LogP contribution < -0.4 is 5.32 Å². The topological polar surface area (TPSA) is 109 Å². The minimum Gasteiger partial charge on any atom is -0.476 e. The van der Waals surface area contributed by atoms with Gasteiger partial charge in [-0.25, -0.2) is 14.6 Å². The number of hydrogen-bond acceptors (Lipinski definition) is 6. The van der Waals surface area contributed by atoms with Gasteiger partial charge >= 0.3 is 18.0 Å². The van der Waals surface area contributed by atoms with Crippen molar-refractivity contribution < 1.29 is 24.2 Å². The molecule has 0 spiro atoms. The van der Waals surface area contributed by atoms with Crippen LogP contribution in [-0.2, 0) is 16.1 Å². The Hall–Kier alpha value is -2.16. The number of hydrogen-bond donors (Lipinski definition) is 2. The molecule has 1 rings (SSSR count). The molecule has 0 fully saturated rings. The number of ether oxygens (including phenoxy) is 1. The van der Waals surface area contributed by atoms with Crippen LogP contribution in [0.2, 0.25) is 0 Å².